The average Bonchev–Trinajstić information content (AvgIpc) is 3.23. The molecule has 0 fully saturated rings. The Bertz CT molecular complexity index is 1240. The smallest absolute Gasteiger partial charge is 0.259 e. The van der Waals surface area contributed by atoms with E-state index < -0.39 is 0 Å². The molecule has 0 aliphatic carbocycles. The molecule has 4 aromatic rings. The first kappa shape index (κ1) is 22.2. The molecule has 0 saturated heterocycles. The fourth-order valence-electron chi connectivity index (χ4n) is 3.78. The second kappa shape index (κ2) is 9.67. The van der Waals surface area contributed by atoms with Crippen LogP contribution in [0.25, 0.3) is 16.2 Å². The molecule has 2 heterocycles. The molecular weight excluding hydrogens is 418 g/mol. The molecule has 0 N–H and O–H groups in total. The minimum Gasteiger partial charge on any atom is -0.497 e. The van der Waals surface area contributed by atoms with E-state index in [1.54, 1.807) is 17.6 Å². The van der Waals surface area contributed by atoms with Gasteiger partial charge in [0.15, 0.2) is 4.96 Å². The van der Waals surface area contributed by atoms with Crippen molar-refractivity contribution in [2.24, 2.45) is 0 Å². The number of methoxy groups -OCH3 is 1. The lowest BCUT2D eigenvalue weighted by molar-refractivity contribution is 0.268. The number of ether oxygens (including phenoxy) is 1. The topological polar surface area (TPSA) is 46.8 Å². The van der Waals surface area contributed by atoms with E-state index in [9.17, 15) is 4.79 Å². The van der Waals surface area contributed by atoms with E-state index in [1.807, 2.05) is 29.6 Å². The fourth-order valence-corrected chi connectivity index (χ4v) is 4.71. The first-order chi connectivity index (χ1) is 15.5. The summed E-state index contributed by atoms with van der Waals surface area (Å²) < 4.78 is 6.93. The van der Waals surface area contributed by atoms with Crippen LogP contribution in [-0.2, 0) is 13.1 Å². The summed E-state index contributed by atoms with van der Waals surface area (Å²) in [6.45, 7) is 8.91. The molecule has 0 atom stereocenters. The maximum absolute atomic E-state index is 13.0. The third-order valence-corrected chi connectivity index (χ3v) is 6.55. The first-order valence-corrected chi connectivity index (χ1v) is 11.8. The first-order valence-electron chi connectivity index (χ1n) is 10.9. The molecule has 0 spiro atoms. The summed E-state index contributed by atoms with van der Waals surface area (Å²) in [6.07, 6.45) is 0. The number of aromatic nitrogens is 2. The molecule has 2 aromatic carbocycles. The Hall–Kier alpha value is -2.96. The van der Waals surface area contributed by atoms with Crippen LogP contribution < -0.4 is 10.3 Å². The van der Waals surface area contributed by atoms with Gasteiger partial charge in [0.1, 0.15) is 5.75 Å². The molecule has 0 aliphatic heterocycles. The predicted molar refractivity (Wildman–Crippen MR) is 132 cm³/mol. The van der Waals surface area contributed by atoms with Crippen molar-refractivity contribution in [3.05, 3.63) is 87.2 Å². The highest BCUT2D eigenvalue weighted by Crippen LogP contribution is 2.26. The number of thiazole rings is 1. The van der Waals surface area contributed by atoms with Crippen LogP contribution in [0.4, 0.5) is 0 Å². The van der Waals surface area contributed by atoms with Crippen molar-refractivity contribution in [3.63, 3.8) is 0 Å². The number of rotatable bonds is 8. The largest absolute Gasteiger partial charge is 0.497 e. The summed E-state index contributed by atoms with van der Waals surface area (Å²) in [7, 11) is 1.64. The number of benzene rings is 2. The SMILES string of the molecule is CCN(Cc1ccc(C(C)C)cc1)Cc1cc(=O)n2c(-c3ccc(OC)cc3)csc2n1. The molecule has 2 aromatic heterocycles. The quantitative estimate of drug-likeness (QED) is 0.354. The van der Waals surface area contributed by atoms with Gasteiger partial charge in [-0.3, -0.25) is 14.1 Å². The molecule has 0 radical (unpaired) electrons. The van der Waals surface area contributed by atoms with E-state index in [-0.39, 0.29) is 5.56 Å². The zero-order valence-corrected chi connectivity index (χ0v) is 19.9. The van der Waals surface area contributed by atoms with Gasteiger partial charge in [0.2, 0.25) is 0 Å². The summed E-state index contributed by atoms with van der Waals surface area (Å²) in [5, 5.41) is 1.99. The van der Waals surface area contributed by atoms with Crippen LogP contribution >= 0.6 is 11.3 Å². The van der Waals surface area contributed by atoms with Crippen LogP contribution in [0.3, 0.4) is 0 Å². The van der Waals surface area contributed by atoms with Crippen molar-refractivity contribution in [3.8, 4) is 17.0 Å². The Morgan fingerprint density at radius 1 is 1.06 bits per heavy atom. The lowest BCUT2D eigenvalue weighted by Gasteiger charge is -2.20. The Morgan fingerprint density at radius 3 is 2.41 bits per heavy atom. The number of nitrogens with zero attached hydrogens (tertiary/aromatic N) is 3. The Labute approximate surface area is 192 Å². The van der Waals surface area contributed by atoms with Crippen molar-refractivity contribution in [1.29, 1.82) is 0 Å². The van der Waals surface area contributed by atoms with E-state index in [4.69, 9.17) is 9.72 Å². The highest BCUT2D eigenvalue weighted by atomic mass is 32.1. The average molecular weight is 448 g/mol. The van der Waals surface area contributed by atoms with Crippen molar-refractivity contribution in [2.45, 2.75) is 39.8 Å². The molecule has 0 amide bonds. The van der Waals surface area contributed by atoms with Gasteiger partial charge in [0.05, 0.1) is 18.5 Å². The standard InChI is InChI=1S/C26H29N3O2S/c1-5-28(15-19-6-8-20(9-7-19)18(2)3)16-22-14-25(30)29-24(17-32-26(29)27-22)21-10-12-23(31-4)13-11-21/h6-14,17-18H,5,15-16H2,1-4H3. The van der Waals surface area contributed by atoms with Gasteiger partial charge in [-0.2, -0.15) is 0 Å². The van der Waals surface area contributed by atoms with E-state index in [2.05, 4.69) is 49.9 Å². The maximum Gasteiger partial charge on any atom is 0.259 e. The maximum atomic E-state index is 13.0. The Kier molecular flexibility index (Phi) is 6.72. The molecule has 166 valence electrons. The summed E-state index contributed by atoms with van der Waals surface area (Å²) in [5.41, 5.74) is 5.20. The van der Waals surface area contributed by atoms with Gasteiger partial charge in [-0.1, -0.05) is 45.0 Å². The van der Waals surface area contributed by atoms with Gasteiger partial charge in [0, 0.05) is 24.5 Å². The zero-order valence-electron chi connectivity index (χ0n) is 19.0. The monoisotopic (exact) mass is 447 g/mol. The lowest BCUT2D eigenvalue weighted by Crippen LogP contribution is -2.25. The predicted octanol–water partition coefficient (Wildman–Crippen LogP) is 5.58. The van der Waals surface area contributed by atoms with Gasteiger partial charge >= 0.3 is 0 Å². The highest BCUT2D eigenvalue weighted by Gasteiger charge is 2.13. The second-order valence-electron chi connectivity index (χ2n) is 8.25. The fraction of sp³-hybridized carbons (Fsp3) is 0.308. The number of hydrogen-bond donors (Lipinski definition) is 0. The molecule has 4 rings (SSSR count). The Morgan fingerprint density at radius 2 is 1.78 bits per heavy atom. The molecule has 32 heavy (non-hydrogen) atoms. The molecule has 0 bridgehead atoms. The highest BCUT2D eigenvalue weighted by molar-refractivity contribution is 7.15. The number of fused-ring (bicyclic) bond motifs is 1. The minimum atomic E-state index is -0.0468. The molecular formula is C26H29N3O2S. The van der Waals surface area contributed by atoms with Gasteiger partial charge in [0.25, 0.3) is 5.56 Å². The molecule has 0 unspecified atom stereocenters. The van der Waals surface area contributed by atoms with Crippen LogP contribution in [0.2, 0.25) is 0 Å². The van der Waals surface area contributed by atoms with Crippen LogP contribution in [-0.4, -0.2) is 27.9 Å². The van der Waals surface area contributed by atoms with E-state index >= 15 is 0 Å². The summed E-state index contributed by atoms with van der Waals surface area (Å²) >= 11 is 1.49. The third-order valence-electron chi connectivity index (χ3n) is 5.73. The molecule has 5 nitrogen and oxygen atoms in total. The molecule has 0 aliphatic rings. The summed E-state index contributed by atoms with van der Waals surface area (Å²) in [6, 6.07) is 18.2. The molecule has 0 saturated carbocycles. The van der Waals surface area contributed by atoms with Crippen molar-refractivity contribution in [2.75, 3.05) is 13.7 Å². The van der Waals surface area contributed by atoms with E-state index in [0.717, 1.165) is 40.8 Å². The van der Waals surface area contributed by atoms with E-state index in [0.29, 0.717) is 12.5 Å². The van der Waals surface area contributed by atoms with Crippen molar-refractivity contribution in [1.82, 2.24) is 14.3 Å². The van der Waals surface area contributed by atoms with Crippen LogP contribution in [0, 0.1) is 0 Å². The van der Waals surface area contributed by atoms with Gasteiger partial charge in [-0.05, 0) is 53.4 Å². The van der Waals surface area contributed by atoms with Crippen LogP contribution in [0.5, 0.6) is 5.75 Å². The van der Waals surface area contributed by atoms with Gasteiger partial charge in [-0.25, -0.2) is 4.98 Å². The minimum absolute atomic E-state index is 0.0468. The number of hydrogen-bond acceptors (Lipinski definition) is 5. The third kappa shape index (κ3) is 4.76. The lowest BCUT2D eigenvalue weighted by atomic mass is 10.0. The van der Waals surface area contributed by atoms with E-state index in [1.165, 1.54) is 22.5 Å². The molecule has 6 heteroatoms. The second-order valence-corrected chi connectivity index (χ2v) is 9.09. The van der Waals surface area contributed by atoms with Gasteiger partial charge in [-0.15, -0.1) is 11.3 Å². The summed E-state index contributed by atoms with van der Waals surface area (Å²) in [4.78, 5) is 20.8. The van der Waals surface area contributed by atoms with Crippen LogP contribution in [0.15, 0.2) is 64.8 Å². The van der Waals surface area contributed by atoms with Crippen molar-refractivity contribution >= 4 is 16.3 Å². The van der Waals surface area contributed by atoms with Gasteiger partial charge < -0.3 is 4.74 Å². The van der Waals surface area contributed by atoms with Crippen molar-refractivity contribution < 1.29 is 4.74 Å². The summed E-state index contributed by atoms with van der Waals surface area (Å²) in [5.74, 6) is 1.32. The normalized spacial score (nSPS) is 11.6. The zero-order chi connectivity index (χ0) is 22.7. The van der Waals surface area contributed by atoms with Crippen LogP contribution in [0.1, 0.15) is 43.5 Å². The Balaban J connectivity index is 1.55.